The summed E-state index contributed by atoms with van der Waals surface area (Å²) in [6.45, 7) is 9.00. The van der Waals surface area contributed by atoms with Gasteiger partial charge in [0.15, 0.2) is 0 Å². The van der Waals surface area contributed by atoms with Crippen molar-refractivity contribution in [1.82, 2.24) is 0 Å². The molecule has 1 aromatic carbocycles. The number of hydrogen-bond donors (Lipinski definition) is 1. The summed E-state index contributed by atoms with van der Waals surface area (Å²) in [7, 11) is 0. The van der Waals surface area contributed by atoms with Gasteiger partial charge in [-0.1, -0.05) is 39.0 Å². The summed E-state index contributed by atoms with van der Waals surface area (Å²) in [6, 6.07) is 8.42. The third-order valence-corrected chi connectivity index (χ3v) is 3.94. The Balaban J connectivity index is 2.24. The molecular formula is C17H26N2O. The lowest BCUT2D eigenvalue weighted by Gasteiger charge is -2.30. The van der Waals surface area contributed by atoms with Crippen LogP contribution in [0.1, 0.15) is 39.7 Å². The van der Waals surface area contributed by atoms with Gasteiger partial charge in [0, 0.05) is 18.3 Å². The minimum absolute atomic E-state index is 0.0939. The van der Waals surface area contributed by atoms with E-state index in [0.717, 1.165) is 18.5 Å². The Labute approximate surface area is 122 Å². The summed E-state index contributed by atoms with van der Waals surface area (Å²) in [6.07, 6.45) is 1.77. The Morgan fingerprint density at radius 3 is 2.65 bits per heavy atom. The average molecular weight is 274 g/mol. The number of anilines is 1. The van der Waals surface area contributed by atoms with Crippen LogP contribution in [0.3, 0.4) is 0 Å². The number of fused-ring (bicyclic) bond motifs is 1. The molecule has 1 aromatic rings. The summed E-state index contributed by atoms with van der Waals surface area (Å²) in [4.78, 5) is 14.8. The van der Waals surface area contributed by atoms with Crippen molar-refractivity contribution in [3.8, 4) is 0 Å². The predicted octanol–water partition coefficient (Wildman–Crippen LogP) is 2.98. The quantitative estimate of drug-likeness (QED) is 0.921. The normalized spacial score (nSPS) is 19.9. The first-order chi connectivity index (χ1) is 9.33. The molecule has 1 amide bonds. The van der Waals surface area contributed by atoms with E-state index >= 15 is 0 Å². The van der Waals surface area contributed by atoms with Gasteiger partial charge in [-0.05, 0) is 36.8 Å². The van der Waals surface area contributed by atoms with Gasteiger partial charge in [0.25, 0.3) is 0 Å². The van der Waals surface area contributed by atoms with E-state index in [9.17, 15) is 4.79 Å². The average Bonchev–Trinajstić information content (AvgIpc) is 2.70. The van der Waals surface area contributed by atoms with Crippen LogP contribution in [-0.2, 0) is 11.2 Å². The topological polar surface area (TPSA) is 46.3 Å². The lowest BCUT2D eigenvalue weighted by molar-refractivity contribution is -0.123. The van der Waals surface area contributed by atoms with Crippen molar-refractivity contribution in [1.29, 1.82) is 0 Å². The van der Waals surface area contributed by atoms with Gasteiger partial charge in [0.05, 0.1) is 5.92 Å². The Morgan fingerprint density at radius 1 is 1.40 bits per heavy atom. The number of carbonyl (C=O) groups is 1. The van der Waals surface area contributed by atoms with Crippen molar-refractivity contribution in [2.45, 2.75) is 46.6 Å². The fourth-order valence-corrected chi connectivity index (χ4v) is 3.11. The third-order valence-electron chi connectivity index (χ3n) is 3.94. The number of hydrogen-bond acceptors (Lipinski definition) is 2. The molecule has 2 unspecified atom stereocenters. The van der Waals surface area contributed by atoms with Crippen molar-refractivity contribution < 1.29 is 4.79 Å². The van der Waals surface area contributed by atoms with Gasteiger partial charge in [0.2, 0.25) is 5.91 Å². The van der Waals surface area contributed by atoms with Crippen molar-refractivity contribution in [3.63, 3.8) is 0 Å². The fraction of sp³-hybridized carbons (Fsp3) is 0.588. The number of carbonyl (C=O) groups excluding carboxylic acids is 1. The van der Waals surface area contributed by atoms with Crippen LogP contribution in [0, 0.1) is 11.3 Å². The van der Waals surface area contributed by atoms with Crippen LogP contribution in [0.5, 0.6) is 0 Å². The monoisotopic (exact) mass is 274 g/mol. The van der Waals surface area contributed by atoms with Crippen LogP contribution in [-0.4, -0.2) is 18.5 Å². The van der Waals surface area contributed by atoms with Crippen LogP contribution in [0.25, 0.3) is 0 Å². The van der Waals surface area contributed by atoms with Crippen LogP contribution in [0.15, 0.2) is 24.3 Å². The second kappa shape index (κ2) is 5.57. The summed E-state index contributed by atoms with van der Waals surface area (Å²) in [5, 5.41) is 0. The molecule has 2 N–H and O–H groups in total. The van der Waals surface area contributed by atoms with Crippen LogP contribution in [0.4, 0.5) is 5.69 Å². The SMILES string of the molecule is CC1Cc2ccccc2N1C(=O)C(CN)CC(C)(C)C. The summed E-state index contributed by atoms with van der Waals surface area (Å²) < 4.78 is 0. The molecule has 3 heteroatoms. The van der Waals surface area contributed by atoms with Gasteiger partial charge in [-0.15, -0.1) is 0 Å². The van der Waals surface area contributed by atoms with E-state index in [-0.39, 0.29) is 23.3 Å². The smallest absolute Gasteiger partial charge is 0.231 e. The lowest BCUT2D eigenvalue weighted by atomic mass is 9.84. The van der Waals surface area contributed by atoms with Gasteiger partial charge in [-0.2, -0.15) is 0 Å². The van der Waals surface area contributed by atoms with Crippen molar-refractivity contribution >= 4 is 11.6 Å². The second-order valence-corrected chi connectivity index (χ2v) is 7.09. The molecule has 0 saturated heterocycles. The van der Waals surface area contributed by atoms with E-state index in [2.05, 4.69) is 33.8 Å². The molecule has 0 aromatic heterocycles. The maximum absolute atomic E-state index is 12.9. The highest BCUT2D eigenvalue weighted by molar-refractivity contribution is 5.97. The molecule has 20 heavy (non-hydrogen) atoms. The highest BCUT2D eigenvalue weighted by atomic mass is 16.2. The molecule has 0 aliphatic carbocycles. The first kappa shape index (κ1) is 15.0. The zero-order valence-corrected chi connectivity index (χ0v) is 13.0. The molecular weight excluding hydrogens is 248 g/mol. The maximum Gasteiger partial charge on any atom is 0.231 e. The Hall–Kier alpha value is -1.35. The number of para-hydroxylation sites is 1. The lowest BCUT2D eigenvalue weighted by Crippen LogP contribution is -2.43. The molecule has 2 atom stereocenters. The molecule has 0 radical (unpaired) electrons. The number of nitrogens with two attached hydrogens (primary N) is 1. The molecule has 0 spiro atoms. The molecule has 3 nitrogen and oxygen atoms in total. The molecule has 1 aliphatic rings. The minimum Gasteiger partial charge on any atom is -0.330 e. The first-order valence-electron chi connectivity index (χ1n) is 7.44. The Kier molecular flexibility index (Phi) is 4.19. The van der Waals surface area contributed by atoms with E-state index in [0.29, 0.717) is 6.54 Å². The van der Waals surface area contributed by atoms with Gasteiger partial charge >= 0.3 is 0 Å². The number of amides is 1. The third kappa shape index (κ3) is 3.04. The van der Waals surface area contributed by atoms with Gasteiger partial charge in [-0.25, -0.2) is 0 Å². The Morgan fingerprint density at radius 2 is 2.05 bits per heavy atom. The fourth-order valence-electron chi connectivity index (χ4n) is 3.11. The summed E-state index contributed by atoms with van der Waals surface area (Å²) in [5.74, 6) is 0.0866. The molecule has 110 valence electrons. The van der Waals surface area contributed by atoms with E-state index < -0.39 is 0 Å². The van der Waals surface area contributed by atoms with Gasteiger partial charge < -0.3 is 10.6 Å². The van der Waals surface area contributed by atoms with E-state index in [4.69, 9.17) is 5.73 Å². The maximum atomic E-state index is 12.9. The van der Waals surface area contributed by atoms with Crippen LogP contribution >= 0.6 is 0 Å². The predicted molar refractivity (Wildman–Crippen MR) is 83.7 cm³/mol. The van der Waals surface area contributed by atoms with E-state index in [1.54, 1.807) is 0 Å². The highest BCUT2D eigenvalue weighted by Gasteiger charge is 2.35. The van der Waals surface area contributed by atoms with E-state index in [1.165, 1.54) is 5.56 Å². The molecule has 0 fully saturated rings. The van der Waals surface area contributed by atoms with Crippen LogP contribution in [0.2, 0.25) is 0 Å². The minimum atomic E-state index is -0.0939. The van der Waals surface area contributed by atoms with Crippen molar-refractivity contribution in [2.75, 3.05) is 11.4 Å². The highest BCUT2D eigenvalue weighted by Crippen LogP contribution is 2.34. The number of nitrogens with zero attached hydrogens (tertiary/aromatic N) is 1. The second-order valence-electron chi connectivity index (χ2n) is 7.09. The summed E-state index contributed by atoms with van der Waals surface area (Å²) >= 11 is 0. The molecule has 1 heterocycles. The number of rotatable bonds is 3. The first-order valence-corrected chi connectivity index (χ1v) is 7.44. The molecule has 1 aliphatic heterocycles. The largest absolute Gasteiger partial charge is 0.330 e. The number of benzene rings is 1. The zero-order valence-electron chi connectivity index (χ0n) is 13.0. The van der Waals surface area contributed by atoms with Gasteiger partial charge in [0.1, 0.15) is 0 Å². The zero-order chi connectivity index (χ0) is 14.9. The molecule has 0 bridgehead atoms. The molecule has 0 saturated carbocycles. The van der Waals surface area contributed by atoms with E-state index in [1.807, 2.05) is 23.1 Å². The molecule has 2 rings (SSSR count). The summed E-state index contributed by atoms with van der Waals surface area (Å²) in [5.41, 5.74) is 8.31. The Bertz CT molecular complexity index is 490. The van der Waals surface area contributed by atoms with Crippen LogP contribution < -0.4 is 10.6 Å². The van der Waals surface area contributed by atoms with Crippen molar-refractivity contribution in [3.05, 3.63) is 29.8 Å². The van der Waals surface area contributed by atoms with Crippen molar-refractivity contribution in [2.24, 2.45) is 17.1 Å². The van der Waals surface area contributed by atoms with Gasteiger partial charge in [-0.3, -0.25) is 4.79 Å². The standard InChI is InChI=1S/C17H26N2O/c1-12-9-13-7-5-6-8-15(13)19(12)16(20)14(11-18)10-17(2,3)4/h5-8,12,14H,9-11,18H2,1-4H3.